The molecule has 0 bridgehead atoms. The topological polar surface area (TPSA) is 24.1 Å². The minimum atomic E-state index is -0.276. The molecule has 1 aromatic carbocycles. The van der Waals surface area contributed by atoms with Crippen molar-refractivity contribution < 1.29 is 4.39 Å². The van der Waals surface area contributed by atoms with Crippen LogP contribution in [0.1, 0.15) is 12.8 Å². The maximum Gasteiger partial charge on any atom is 0.147 e. The van der Waals surface area contributed by atoms with Gasteiger partial charge in [0, 0.05) is 6.54 Å². The van der Waals surface area contributed by atoms with Crippen LogP contribution in [0.4, 0.5) is 10.1 Å². The predicted octanol–water partition coefficient (Wildman–Crippen LogP) is 2.89. The van der Waals surface area contributed by atoms with Gasteiger partial charge in [0.1, 0.15) is 5.82 Å². The Morgan fingerprint density at radius 1 is 1.38 bits per heavy atom. The molecule has 1 aromatic rings. The molecule has 0 unspecified atom stereocenters. The summed E-state index contributed by atoms with van der Waals surface area (Å²) in [6, 6.07) is 4.75. The van der Waals surface area contributed by atoms with Crippen molar-refractivity contribution in [3.63, 3.8) is 0 Å². The maximum atomic E-state index is 13.4. The lowest BCUT2D eigenvalue weighted by Crippen LogP contribution is -2.31. The largest absolute Gasteiger partial charge is 0.381 e. The van der Waals surface area contributed by atoms with Gasteiger partial charge < -0.3 is 10.6 Å². The average Bonchev–Trinajstić information content (AvgIpc) is 2.30. The highest BCUT2D eigenvalue weighted by Crippen LogP contribution is 2.25. The summed E-state index contributed by atoms with van der Waals surface area (Å²) in [6.45, 7) is 2.90. The Labute approximate surface area is 100 Å². The van der Waals surface area contributed by atoms with Gasteiger partial charge in [-0.3, -0.25) is 0 Å². The number of nitrogens with one attached hydrogen (secondary N) is 2. The van der Waals surface area contributed by atoms with Crippen molar-refractivity contribution in [1.82, 2.24) is 5.32 Å². The minimum Gasteiger partial charge on any atom is -0.381 e. The SMILES string of the molecule is Fc1cccc(Cl)c1NCC1CCNCC1. The Bertz CT molecular complexity index is 331. The lowest BCUT2D eigenvalue weighted by molar-refractivity contribution is 0.389. The van der Waals surface area contributed by atoms with Crippen LogP contribution >= 0.6 is 11.6 Å². The molecule has 1 aliphatic heterocycles. The predicted molar refractivity (Wildman–Crippen MR) is 65.5 cm³/mol. The van der Waals surface area contributed by atoms with Gasteiger partial charge >= 0.3 is 0 Å². The first-order valence-corrected chi connectivity index (χ1v) is 6.04. The minimum absolute atomic E-state index is 0.276. The number of hydrogen-bond acceptors (Lipinski definition) is 2. The van der Waals surface area contributed by atoms with E-state index in [1.54, 1.807) is 12.1 Å². The Balaban J connectivity index is 1.93. The van der Waals surface area contributed by atoms with Gasteiger partial charge in [0.05, 0.1) is 10.7 Å². The first-order chi connectivity index (χ1) is 7.77. The number of benzene rings is 1. The molecular formula is C12H16ClFN2. The molecule has 1 saturated heterocycles. The van der Waals surface area contributed by atoms with Crippen molar-refractivity contribution in [3.05, 3.63) is 29.0 Å². The fourth-order valence-corrected chi connectivity index (χ4v) is 2.23. The fraction of sp³-hybridized carbons (Fsp3) is 0.500. The number of rotatable bonds is 3. The van der Waals surface area contributed by atoms with Crippen LogP contribution in [-0.2, 0) is 0 Å². The zero-order valence-corrected chi connectivity index (χ0v) is 9.86. The van der Waals surface area contributed by atoms with Crippen LogP contribution < -0.4 is 10.6 Å². The molecule has 16 heavy (non-hydrogen) atoms. The zero-order chi connectivity index (χ0) is 11.4. The summed E-state index contributed by atoms with van der Waals surface area (Å²) in [6.07, 6.45) is 2.28. The third-order valence-corrected chi connectivity index (χ3v) is 3.30. The highest BCUT2D eigenvalue weighted by molar-refractivity contribution is 6.33. The van der Waals surface area contributed by atoms with E-state index in [0.29, 0.717) is 16.6 Å². The van der Waals surface area contributed by atoms with Crippen LogP contribution in [0.3, 0.4) is 0 Å². The van der Waals surface area contributed by atoms with Gasteiger partial charge in [-0.15, -0.1) is 0 Å². The summed E-state index contributed by atoms with van der Waals surface area (Å²) in [5, 5.41) is 6.88. The summed E-state index contributed by atoms with van der Waals surface area (Å²) in [5.41, 5.74) is 0.433. The van der Waals surface area contributed by atoms with Gasteiger partial charge in [-0.1, -0.05) is 17.7 Å². The van der Waals surface area contributed by atoms with E-state index in [1.807, 2.05) is 0 Å². The van der Waals surface area contributed by atoms with Crippen LogP contribution in [0.5, 0.6) is 0 Å². The highest BCUT2D eigenvalue weighted by Gasteiger charge is 2.14. The number of para-hydroxylation sites is 1. The standard InChI is InChI=1S/C12H16ClFN2/c13-10-2-1-3-11(14)12(10)16-8-9-4-6-15-7-5-9/h1-3,9,15-16H,4-8H2. The van der Waals surface area contributed by atoms with Gasteiger partial charge in [0.15, 0.2) is 0 Å². The Morgan fingerprint density at radius 2 is 2.12 bits per heavy atom. The summed E-state index contributed by atoms with van der Waals surface area (Å²) < 4.78 is 13.4. The molecule has 4 heteroatoms. The fourth-order valence-electron chi connectivity index (χ4n) is 2.00. The molecule has 0 radical (unpaired) electrons. The second-order valence-electron chi connectivity index (χ2n) is 4.17. The Morgan fingerprint density at radius 3 is 2.81 bits per heavy atom. The van der Waals surface area contributed by atoms with Gasteiger partial charge in [-0.05, 0) is 44.0 Å². The molecule has 0 aliphatic carbocycles. The zero-order valence-electron chi connectivity index (χ0n) is 9.10. The number of piperidine rings is 1. The van der Waals surface area contributed by atoms with Crippen LogP contribution in [0.25, 0.3) is 0 Å². The van der Waals surface area contributed by atoms with E-state index >= 15 is 0 Å². The lowest BCUT2D eigenvalue weighted by atomic mass is 9.98. The quantitative estimate of drug-likeness (QED) is 0.852. The van der Waals surface area contributed by atoms with E-state index in [4.69, 9.17) is 11.6 Å². The van der Waals surface area contributed by atoms with E-state index < -0.39 is 0 Å². The van der Waals surface area contributed by atoms with Crippen molar-refractivity contribution in [2.24, 2.45) is 5.92 Å². The third kappa shape index (κ3) is 2.86. The smallest absolute Gasteiger partial charge is 0.147 e. The first kappa shape index (κ1) is 11.7. The second kappa shape index (κ2) is 5.51. The van der Waals surface area contributed by atoms with Gasteiger partial charge in [-0.25, -0.2) is 4.39 Å². The molecule has 2 nitrogen and oxygen atoms in total. The molecule has 1 aliphatic rings. The van der Waals surface area contributed by atoms with E-state index in [-0.39, 0.29) is 5.82 Å². The molecule has 2 N–H and O–H groups in total. The summed E-state index contributed by atoms with van der Waals surface area (Å²) in [4.78, 5) is 0. The van der Waals surface area contributed by atoms with Crippen molar-refractivity contribution in [2.45, 2.75) is 12.8 Å². The summed E-state index contributed by atoms with van der Waals surface area (Å²) in [7, 11) is 0. The Hall–Kier alpha value is -0.800. The second-order valence-corrected chi connectivity index (χ2v) is 4.58. The Kier molecular flexibility index (Phi) is 4.02. The monoisotopic (exact) mass is 242 g/mol. The molecule has 0 amide bonds. The summed E-state index contributed by atoms with van der Waals surface area (Å²) >= 11 is 5.93. The summed E-state index contributed by atoms with van der Waals surface area (Å²) in [5.74, 6) is 0.332. The van der Waals surface area contributed by atoms with Crippen molar-refractivity contribution in [3.8, 4) is 0 Å². The molecule has 88 valence electrons. The molecule has 0 spiro atoms. The van der Waals surface area contributed by atoms with Crippen molar-refractivity contribution in [1.29, 1.82) is 0 Å². The van der Waals surface area contributed by atoms with Crippen LogP contribution in [0, 0.1) is 11.7 Å². The van der Waals surface area contributed by atoms with E-state index in [1.165, 1.54) is 6.07 Å². The number of halogens is 2. The highest BCUT2D eigenvalue weighted by atomic mass is 35.5. The van der Waals surface area contributed by atoms with Crippen LogP contribution in [-0.4, -0.2) is 19.6 Å². The maximum absolute atomic E-state index is 13.4. The normalized spacial score (nSPS) is 17.4. The average molecular weight is 243 g/mol. The molecule has 1 heterocycles. The number of hydrogen-bond donors (Lipinski definition) is 2. The molecule has 0 atom stereocenters. The van der Waals surface area contributed by atoms with Gasteiger partial charge in [0.25, 0.3) is 0 Å². The van der Waals surface area contributed by atoms with Crippen molar-refractivity contribution >= 4 is 17.3 Å². The molecule has 0 aromatic heterocycles. The first-order valence-electron chi connectivity index (χ1n) is 5.66. The molecule has 0 saturated carbocycles. The third-order valence-electron chi connectivity index (χ3n) is 2.99. The van der Waals surface area contributed by atoms with Gasteiger partial charge in [0.2, 0.25) is 0 Å². The molecular weight excluding hydrogens is 227 g/mol. The van der Waals surface area contributed by atoms with E-state index in [2.05, 4.69) is 10.6 Å². The van der Waals surface area contributed by atoms with Crippen LogP contribution in [0.15, 0.2) is 18.2 Å². The van der Waals surface area contributed by atoms with E-state index in [9.17, 15) is 4.39 Å². The molecule has 1 fully saturated rings. The van der Waals surface area contributed by atoms with Crippen molar-refractivity contribution in [2.75, 3.05) is 25.0 Å². The van der Waals surface area contributed by atoms with Crippen LogP contribution in [0.2, 0.25) is 5.02 Å². The van der Waals surface area contributed by atoms with Gasteiger partial charge in [-0.2, -0.15) is 0 Å². The lowest BCUT2D eigenvalue weighted by Gasteiger charge is -2.23. The number of anilines is 1. The molecule has 2 rings (SSSR count). The van der Waals surface area contributed by atoms with E-state index in [0.717, 1.165) is 32.5 Å².